The van der Waals surface area contributed by atoms with Crippen LogP contribution in [0.2, 0.25) is 0 Å². The van der Waals surface area contributed by atoms with Crippen molar-refractivity contribution in [1.82, 2.24) is 0 Å². The summed E-state index contributed by atoms with van der Waals surface area (Å²) in [6, 6.07) is 6.87. The smallest absolute Gasteiger partial charge is 0.248 e. The molecule has 0 atom stereocenters. The van der Waals surface area contributed by atoms with Crippen molar-refractivity contribution in [3.63, 3.8) is 0 Å². The molecule has 1 amide bonds. The van der Waals surface area contributed by atoms with Gasteiger partial charge in [0.15, 0.2) is 23.0 Å². The molecule has 0 saturated heterocycles. The fourth-order valence-corrected chi connectivity index (χ4v) is 2.90. The molecule has 0 spiro atoms. The first-order valence-corrected chi connectivity index (χ1v) is 8.86. The maximum Gasteiger partial charge on any atom is 0.248 e. The minimum atomic E-state index is -0.326. The van der Waals surface area contributed by atoms with Crippen LogP contribution in [0.15, 0.2) is 30.3 Å². The van der Waals surface area contributed by atoms with Crippen LogP contribution in [0.4, 0.5) is 5.69 Å². The summed E-state index contributed by atoms with van der Waals surface area (Å²) in [4.78, 5) is 12.4. The first kappa shape index (κ1) is 20.2. The number of hydrogen-bond donors (Lipinski definition) is 1. The average molecular weight is 401 g/mol. The molecule has 0 aliphatic carbocycles. The quantitative estimate of drug-likeness (QED) is 0.714. The summed E-state index contributed by atoms with van der Waals surface area (Å²) in [5.74, 6) is 2.72. The Labute approximate surface area is 168 Å². The Bertz CT molecular complexity index is 881. The van der Waals surface area contributed by atoms with Gasteiger partial charge in [0.25, 0.3) is 0 Å². The topological polar surface area (TPSA) is 84.5 Å². The Balaban J connectivity index is 1.78. The number of anilines is 1. The fraction of sp³-hybridized carbons (Fsp3) is 0.286. The molecule has 0 saturated carbocycles. The second kappa shape index (κ2) is 9.09. The van der Waals surface area contributed by atoms with Gasteiger partial charge in [0.2, 0.25) is 17.4 Å². The number of rotatable bonds is 7. The van der Waals surface area contributed by atoms with E-state index >= 15 is 0 Å². The van der Waals surface area contributed by atoms with E-state index in [9.17, 15) is 4.79 Å². The zero-order chi connectivity index (χ0) is 20.8. The van der Waals surface area contributed by atoms with E-state index < -0.39 is 0 Å². The number of carbonyl (C=O) groups excluding carboxylic acids is 1. The molecule has 1 aliphatic rings. The Morgan fingerprint density at radius 1 is 0.897 bits per heavy atom. The summed E-state index contributed by atoms with van der Waals surface area (Å²) < 4.78 is 32.4. The van der Waals surface area contributed by atoms with Crippen LogP contribution in [-0.2, 0) is 4.79 Å². The van der Waals surface area contributed by atoms with Crippen molar-refractivity contribution in [1.29, 1.82) is 0 Å². The maximum atomic E-state index is 12.4. The highest BCUT2D eigenvalue weighted by Gasteiger charge is 2.18. The molecule has 0 aromatic heterocycles. The van der Waals surface area contributed by atoms with Crippen LogP contribution in [0.25, 0.3) is 6.08 Å². The summed E-state index contributed by atoms with van der Waals surface area (Å²) in [6.07, 6.45) is 3.07. The van der Waals surface area contributed by atoms with Gasteiger partial charge < -0.3 is 33.7 Å². The van der Waals surface area contributed by atoms with E-state index in [1.54, 1.807) is 37.5 Å². The lowest BCUT2D eigenvalue weighted by Crippen LogP contribution is -2.16. The Morgan fingerprint density at radius 3 is 2.17 bits per heavy atom. The van der Waals surface area contributed by atoms with E-state index in [1.807, 2.05) is 0 Å². The molecule has 8 heteroatoms. The number of amides is 1. The molecule has 8 nitrogen and oxygen atoms in total. The van der Waals surface area contributed by atoms with Gasteiger partial charge in [0.05, 0.1) is 28.4 Å². The number of carbonyl (C=O) groups is 1. The molecule has 29 heavy (non-hydrogen) atoms. The zero-order valence-electron chi connectivity index (χ0n) is 16.7. The van der Waals surface area contributed by atoms with Crippen molar-refractivity contribution < 1.29 is 33.2 Å². The SMILES string of the molecule is COc1cc(NC(=O)C=Cc2cc(OC)c3c(c2)OCCO3)cc(OC)c1OC. The van der Waals surface area contributed by atoms with Crippen molar-refractivity contribution in [2.75, 3.05) is 47.0 Å². The Morgan fingerprint density at radius 2 is 1.55 bits per heavy atom. The normalized spacial score (nSPS) is 12.4. The molecule has 0 fully saturated rings. The van der Waals surface area contributed by atoms with Gasteiger partial charge in [-0.25, -0.2) is 0 Å². The summed E-state index contributed by atoms with van der Waals surface area (Å²) in [7, 11) is 6.09. The molecule has 2 aromatic rings. The highest BCUT2D eigenvalue weighted by atomic mass is 16.6. The second-order valence-corrected chi connectivity index (χ2v) is 5.98. The van der Waals surface area contributed by atoms with Gasteiger partial charge in [0.1, 0.15) is 13.2 Å². The first-order valence-electron chi connectivity index (χ1n) is 8.86. The third-order valence-corrected chi connectivity index (χ3v) is 4.21. The number of nitrogens with one attached hydrogen (secondary N) is 1. The first-order chi connectivity index (χ1) is 14.1. The van der Waals surface area contributed by atoms with Crippen LogP contribution >= 0.6 is 0 Å². The number of methoxy groups -OCH3 is 4. The van der Waals surface area contributed by atoms with Crippen molar-refractivity contribution in [3.8, 4) is 34.5 Å². The van der Waals surface area contributed by atoms with Gasteiger partial charge >= 0.3 is 0 Å². The molecule has 2 aromatic carbocycles. The monoisotopic (exact) mass is 401 g/mol. The van der Waals surface area contributed by atoms with Crippen LogP contribution < -0.4 is 33.7 Å². The van der Waals surface area contributed by atoms with Gasteiger partial charge in [-0.15, -0.1) is 0 Å². The molecule has 1 N–H and O–H groups in total. The van der Waals surface area contributed by atoms with Crippen molar-refractivity contribution in [2.24, 2.45) is 0 Å². The Kier molecular flexibility index (Phi) is 6.33. The lowest BCUT2D eigenvalue weighted by atomic mass is 10.1. The van der Waals surface area contributed by atoms with Crippen LogP contribution in [0.5, 0.6) is 34.5 Å². The van der Waals surface area contributed by atoms with Crippen molar-refractivity contribution >= 4 is 17.7 Å². The third-order valence-electron chi connectivity index (χ3n) is 4.21. The zero-order valence-corrected chi connectivity index (χ0v) is 16.7. The summed E-state index contributed by atoms with van der Waals surface area (Å²) in [6.45, 7) is 0.931. The number of hydrogen-bond acceptors (Lipinski definition) is 7. The molecule has 1 heterocycles. The van der Waals surface area contributed by atoms with E-state index in [4.69, 9.17) is 28.4 Å². The van der Waals surface area contributed by atoms with E-state index in [2.05, 4.69) is 5.32 Å². The Hall–Kier alpha value is -3.55. The minimum absolute atomic E-state index is 0.326. The highest BCUT2D eigenvalue weighted by Crippen LogP contribution is 2.41. The van der Waals surface area contributed by atoms with Crippen molar-refractivity contribution in [3.05, 3.63) is 35.9 Å². The average Bonchev–Trinajstić information content (AvgIpc) is 2.76. The number of benzene rings is 2. The fourth-order valence-electron chi connectivity index (χ4n) is 2.90. The molecule has 0 radical (unpaired) electrons. The van der Waals surface area contributed by atoms with Gasteiger partial charge in [0, 0.05) is 23.9 Å². The summed E-state index contributed by atoms with van der Waals surface area (Å²) in [5, 5.41) is 2.78. The summed E-state index contributed by atoms with van der Waals surface area (Å²) >= 11 is 0. The van der Waals surface area contributed by atoms with Gasteiger partial charge in [-0.05, 0) is 23.8 Å². The lowest BCUT2D eigenvalue weighted by molar-refractivity contribution is -0.111. The molecule has 154 valence electrons. The van der Waals surface area contributed by atoms with Gasteiger partial charge in [-0.2, -0.15) is 0 Å². The number of ether oxygens (including phenoxy) is 6. The van der Waals surface area contributed by atoms with Gasteiger partial charge in [-0.1, -0.05) is 0 Å². The third kappa shape index (κ3) is 4.48. The maximum absolute atomic E-state index is 12.4. The predicted molar refractivity (Wildman–Crippen MR) is 108 cm³/mol. The molecular formula is C21H23NO7. The highest BCUT2D eigenvalue weighted by molar-refractivity contribution is 6.02. The van der Waals surface area contributed by atoms with E-state index in [0.717, 1.165) is 5.56 Å². The standard InChI is InChI=1S/C21H23NO7/c1-24-15-9-13(10-18-21(15)29-8-7-28-18)5-6-19(23)22-14-11-16(25-2)20(27-4)17(12-14)26-3/h5-6,9-12H,7-8H2,1-4H3,(H,22,23). The summed E-state index contributed by atoms with van der Waals surface area (Å²) in [5.41, 5.74) is 1.25. The van der Waals surface area contributed by atoms with E-state index in [-0.39, 0.29) is 5.91 Å². The molecule has 0 bridgehead atoms. The number of fused-ring (bicyclic) bond motifs is 1. The molecule has 3 rings (SSSR count). The van der Waals surface area contributed by atoms with Crippen LogP contribution in [0, 0.1) is 0 Å². The molecular weight excluding hydrogens is 378 g/mol. The predicted octanol–water partition coefficient (Wildman–Crippen LogP) is 3.14. The second-order valence-electron chi connectivity index (χ2n) is 5.98. The largest absolute Gasteiger partial charge is 0.493 e. The minimum Gasteiger partial charge on any atom is -0.493 e. The van der Waals surface area contributed by atoms with E-state index in [1.165, 1.54) is 27.4 Å². The lowest BCUT2D eigenvalue weighted by Gasteiger charge is -2.20. The van der Waals surface area contributed by atoms with Crippen molar-refractivity contribution in [2.45, 2.75) is 0 Å². The van der Waals surface area contributed by atoms with Crippen LogP contribution in [0.3, 0.4) is 0 Å². The van der Waals surface area contributed by atoms with Crippen LogP contribution in [-0.4, -0.2) is 47.6 Å². The van der Waals surface area contributed by atoms with Crippen LogP contribution in [0.1, 0.15) is 5.56 Å². The van der Waals surface area contributed by atoms with E-state index in [0.29, 0.717) is 53.4 Å². The molecule has 0 unspecified atom stereocenters. The molecule has 1 aliphatic heterocycles. The van der Waals surface area contributed by atoms with Gasteiger partial charge in [-0.3, -0.25) is 4.79 Å².